The van der Waals surface area contributed by atoms with Gasteiger partial charge in [0.15, 0.2) is 18.0 Å². The second-order valence-electron chi connectivity index (χ2n) is 6.79. The Labute approximate surface area is 165 Å². The number of anilines is 1. The first-order chi connectivity index (χ1) is 13.3. The molecule has 2 aromatic carbocycles. The first-order valence-electron chi connectivity index (χ1n) is 8.98. The van der Waals surface area contributed by atoms with Crippen LogP contribution in [0.4, 0.5) is 5.69 Å². The minimum atomic E-state index is -0.106. The molecule has 2 N–H and O–H groups in total. The van der Waals surface area contributed by atoms with Crippen LogP contribution < -0.4 is 19.7 Å². The lowest BCUT2D eigenvalue weighted by Crippen LogP contribution is -3.08. The molecule has 2 amide bonds. The average molecular weight is 386 g/mol. The van der Waals surface area contributed by atoms with Gasteiger partial charge in [0.25, 0.3) is 11.8 Å². The molecule has 0 aromatic heterocycles. The van der Waals surface area contributed by atoms with Crippen molar-refractivity contribution >= 4 is 17.5 Å². The quantitative estimate of drug-likeness (QED) is 0.712. The molecule has 7 nitrogen and oxygen atoms in total. The third-order valence-corrected chi connectivity index (χ3v) is 4.26. The Morgan fingerprint density at radius 1 is 1.04 bits per heavy atom. The molecule has 0 bridgehead atoms. The van der Waals surface area contributed by atoms with Gasteiger partial charge >= 0.3 is 0 Å². The molecule has 0 heterocycles. The van der Waals surface area contributed by atoms with Crippen LogP contribution in [-0.2, 0) is 11.3 Å². The lowest BCUT2D eigenvalue weighted by atomic mass is 10.1. The van der Waals surface area contributed by atoms with Gasteiger partial charge in [0.1, 0.15) is 6.54 Å². The van der Waals surface area contributed by atoms with Crippen molar-refractivity contribution in [3.63, 3.8) is 0 Å². The molecule has 150 valence electrons. The fraction of sp³-hybridized carbons (Fsp3) is 0.333. The second kappa shape index (κ2) is 9.75. The van der Waals surface area contributed by atoms with Crippen molar-refractivity contribution in [3.05, 3.63) is 53.6 Å². The summed E-state index contributed by atoms with van der Waals surface area (Å²) in [6.45, 7) is 0.906. The maximum atomic E-state index is 12.4. The van der Waals surface area contributed by atoms with Crippen LogP contribution in [0.15, 0.2) is 42.5 Å². The minimum absolute atomic E-state index is 0.0747. The molecule has 7 heteroatoms. The molecule has 2 rings (SSSR count). The lowest BCUT2D eigenvalue weighted by molar-refractivity contribution is -0.885. The van der Waals surface area contributed by atoms with Gasteiger partial charge in [-0.1, -0.05) is 6.07 Å². The molecular formula is C21H28N3O4+. The Morgan fingerprint density at radius 2 is 1.71 bits per heavy atom. The molecule has 0 fully saturated rings. The number of carbonyl (C=O) groups excluding carboxylic acids is 2. The molecule has 0 radical (unpaired) electrons. The van der Waals surface area contributed by atoms with Gasteiger partial charge in [0.2, 0.25) is 0 Å². The molecule has 28 heavy (non-hydrogen) atoms. The van der Waals surface area contributed by atoms with E-state index in [0.717, 1.165) is 10.5 Å². The lowest BCUT2D eigenvalue weighted by Gasteiger charge is -2.17. The van der Waals surface area contributed by atoms with Crippen molar-refractivity contribution in [2.45, 2.75) is 6.54 Å². The highest BCUT2D eigenvalue weighted by atomic mass is 16.5. The number of rotatable bonds is 8. The van der Waals surface area contributed by atoms with Gasteiger partial charge in [0, 0.05) is 25.3 Å². The van der Waals surface area contributed by atoms with Gasteiger partial charge in [-0.2, -0.15) is 0 Å². The first kappa shape index (κ1) is 21.2. The molecule has 2 aromatic rings. The average Bonchev–Trinajstić information content (AvgIpc) is 2.67. The normalized spacial score (nSPS) is 11.5. The zero-order chi connectivity index (χ0) is 20.7. The summed E-state index contributed by atoms with van der Waals surface area (Å²) in [7, 11) is 8.55. The van der Waals surface area contributed by atoms with Crippen LogP contribution in [0.5, 0.6) is 11.5 Å². The van der Waals surface area contributed by atoms with E-state index in [1.807, 2.05) is 25.2 Å². The first-order valence-corrected chi connectivity index (χ1v) is 8.98. The van der Waals surface area contributed by atoms with Gasteiger partial charge in [-0.15, -0.1) is 0 Å². The highest BCUT2D eigenvalue weighted by Gasteiger charge is 2.16. The van der Waals surface area contributed by atoms with Crippen LogP contribution in [0.3, 0.4) is 0 Å². The SMILES string of the molecule is COc1cccc(C[NH+](C)CC(=O)Nc2ccc(C(=O)N(C)C)cc2)c1OC. The maximum absolute atomic E-state index is 12.4. The highest BCUT2D eigenvalue weighted by Crippen LogP contribution is 2.30. The number of carbonyl (C=O) groups is 2. The van der Waals surface area contributed by atoms with Crippen LogP contribution in [0.2, 0.25) is 0 Å². The number of ether oxygens (including phenoxy) is 2. The van der Waals surface area contributed by atoms with E-state index in [4.69, 9.17) is 9.47 Å². The number of quaternary nitrogens is 1. The summed E-state index contributed by atoms with van der Waals surface area (Å²) in [6.07, 6.45) is 0. The van der Waals surface area contributed by atoms with Crippen LogP contribution >= 0.6 is 0 Å². The summed E-state index contributed by atoms with van der Waals surface area (Å²) in [5.41, 5.74) is 2.21. The van der Waals surface area contributed by atoms with Crippen LogP contribution in [0, 0.1) is 0 Å². The standard InChI is InChI=1S/C21H27N3O4/c1-23(2)21(26)15-9-11-17(12-10-15)22-19(25)14-24(3)13-16-7-6-8-18(27-4)20(16)28-5/h6-12H,13-14H2,1-5H3,(H,22,25)/p+1. The fourth-order valence-corrected chi connectivity index (χ4v) is 2.91. The number of likely N-dealkylation sites (N-methyl/N-ethyl adjacent to an activating group) is 1. The van der Waals surface area contributed by atoms with Crippen molar-refractivity contribution < 1.29 is 24.0 Å². The summed E-state index contributed by atoms with van der Waals surface area (Å²) in [5, 5.41) is 2.86. The van der Waals surface area contributed by atoms with E-state index in [0.29, 0.717) is 35.8 Å². The van der Waals surface area contributed by atoms with E-state index in [9.17, 15) is 9.59 Å². The zero-order valence-corrected chi connectivity index (χ0v) is 17.0. The molecule has 0 saturated heterocycles. The van der Waals surface area contributed by atoms with Crippen molar-refractivity contribution in [1.82, 2.24) is 4.90 Å². The smallest absolute Gasteiger partial charge is 0.279 e. The number of nitrogens with one attached hydrogen (secondary N) is 2. The van der Waals surface area contributed by atoms with Gasteiger partial charge in [-0.3, -0.25) is 9.59 Å². The van der Waals surface area contributed by atoms with Crippen LogP contribution in [-0.4, -0.2) is 58.6 Å². The topological polar surface area (TPSA) is 72.3 Å². The number of nitrogens with zero attached hydrogens (tertiary/aromatic N) is 1. The molecule has 1 atom stereocenters. The minimum Gasteiger partial charge on any atom is -0.493 e. The summed E-state index contributed by atoms with van der Waals surface area (Å²) in [4.78, 5) is 26.8. The molecule has 0 aliphatic rings. The van der Waals surface area contributed by atoms with E-state index in [2.05, 4.69) is 5.32 Å². The summed E-state index contributed by atoms with van der Waals surface area (Å²) in [5.74, 6) is 1.18. The number of para-hydroxylation sites is 1. The number of amides is 2. The Bertz CT molecular complexity index is 819. The predicted octanol–water partition coefficient (Wildman–Crippen LogP) is 1.06. The van der Waals surface area contributed by atoms with Crippen molar-refractivity contribution in [2.75, 3.05) is 47.2 Å². The van der Waals surface area contributed by atoms with E-state index in [-0.39, 0.29) is 11.8 Å². The zero-order valence-electron chi connectivity index (χ0n) is 17.0. The number of methoxy groups -OCH3 is 2. The largest absolute Gasteiger partial charge is 0.493 e. The van der Waals surface area contributed by atoms with E-state index >= 15 is 0 Å². The molecule has 0 aliphatic heterocycles. The van der Waals surface area contributed by atoms with Gasteiger partial charge in [-0.05, 0) is 36.4 Å². The van der Waals surface area contributed by atoms with Crippen LogP contribution in [0.1, 0.15) is 15.9 Å². The third kappa shape index (κ3) is 5.47. The third-order valence-electron chi connectivity index (χ3n) is 4.26. The van der Waals surface area contributed by atoms with Gasteiger partial charge < -0.3 is 24.6 Å². The fourth-order valence-electron chi connectivity index (χ4n) is 2.91. The predicted molar refractivity (Wildman–Crippen MR) is 108 cm³/mol. The molecule has 0 spiro atoms. The second-order valence-corrected chi connectivity index (χ2v) is 6.79. The van der Waals surface area contributed by atoms with E-state index in [1.54, 1.807) is 52.6 Å². The Balaban J connectivity index is 1.95. The van der Waals surface area contributed by atoms with Crippen molar-refractivity contribution in [3.8, 4) is 11.5 Å². The van der Waals surface area contributed by atoms with E-state index < -0.39 is 0 Å². The number of hydrogen-bond donors (Lipinski definition) is 2. The summed E-state index contributed by atoms with van der Waals surface area (Å²) >= 11 is 0. The van der Waals surface area contributed by atoms with Gasteiger partial charge in [0.05, 0.1) is 26.8 Å². The maximum Gasteiger partial charge on any atom is 0.279 e. The van der Waals surface area contributed by atoms with Crippen molar-refractivity contribution in [2.24, 2.45) is 0 Å². The number of benzene rings is 2. The van der Waals surface area contributed by atoms with Crippen molar-refractivity contribution in [1.29, 1.82) is 0 Å². The molecular weight excluding hydrogens is 358 g/mol. The molecule has 0 saturated carbocycles. The highest BCUT2D eigenvalue weighted by molar-refractivity contribution is 5.95. The Morgan fingerprint density at radius 3 is 2.29 bits per heavy atom. The Hall–Kier alpha value is -3.06. The summed E-state index contributed by atoms with van der Waals surface area (Å²) in [6, 6.07) is 12.6. The molecule has 1 unspecified atom stereocenters. The monoisotopic (exact) mass is 386 g/mol. The molecule has 0 aliphatic carbocycles. The van der Waals surface area contributed by atoms with E-state index in [1.165, 1.54) is 4.90 Å². The van der Waals surface area contributed by atoms with Gasteiger partial charge in [-0.25, -0.2) is 0 Å². The Kier molecular flexibility index (Phi) is 7.40. The summed E-state index contributed by atoms with van der Waals surface area (Å²) < 4.78 is 10.8. The van der Waals surface area contributed by atoms with Crippen LogP contribution in [0.25, 0.3) is 0 Å². The number of hydrogen-bond acceptors (Lipinski definition) is 4.